The van der Waals surface area contributed by atoms with Crippen molar-refractivity contribution in [3.63, 3.8) is 0 Å². The second kappa shape index (κ2) is 41.1. The molecule has 0 rings (SSSR count). The van der Waals surface area contributed by atoms with Gasteiger partial charge in [0.2, 0.25) is 0 Å². The van der Waals surface area contributed by atoms with Crippen molar-refractivity contribution >= 4 is 19.8 Å². The number of hydrogen-bond donors (Lipinski definition) is 3. The number of carbonyl (C=O) groups excluding carboxylic acids is 2. The quantitative estimate of drug-likeness (QED) is 0.0238. The maximum absolute atomic E-state index is 12.6. The molecule has 324 valence electrons. The van der Waals surface area contributed by atoms with Gasteiger partial charge >= 0.3 is 19.8 Å². The van der Waals surface area contributed by atoms with E-state index in [4.69, 9.17) is 19.1 Å². The summed E-state index contributed by atoms with van der Waals surface area (Å²) in [6, 6.07) is 0. The summed E-state index contributed by atoms with van der Waals surface area (Å²) in [5.41, 5.74) is 0. The molecule has 0 spiro atoms. The van der Waals surface area contributed by atoms with Crippen LogP contribution in [-0.2, 0) is 32.7 Å². The molecule has 0 aliphatic carbocycles. The SMILES string of the molecule is CC/C=C\C/C=C\C/C=C\C/C=C\CCCCCCC(=O)OC[C@H](COP(=O)(O)OC[C@@H](O)CO)OC(=O)CCC/C=C\C/C=C\C/C=C\C/C=C\CCCCC. The first-order chi connectivity index (χ1) is 27.7. The maximum atomic E-state index is 12.6. The Morgan fingerprint density at radius 3 is 1.49 bits per heavy atom. The Hall–Kier alpha value is -3.11. The van der Waals surface area contributed by atoms with Gasteiger partial charge in [-0.05, 0) is 89.9 Å². The molecule has 0 heterocycles. The van der Waals surface area contributed by atoms with E-state index < -0.39 is 51.8 Å². The third-order valence-corrected chi connectivity index (χ3v) is 9.17. The minimum Gasteiger partial charge on any atom is -0.462 e. The second-order valence-electron chi connectivity index (χ2n) is 13.6. The second-order valence-corrected chi connectivity index (χ2v) is 15.1. The lowest BCUT2D eigenvalue weighted by Gasteiger charge is -2.20. The largest absolute Gasteiger partial charge is 0.472 e. The fraction of sp³-hybridized carbons (Fsp3) is 0.609. The van der Waals surface area contributed by atoms with Crippen molar-refractivity contribution in [1.29, 1.82) is 0 Å². The number of carbonyl (C=O) groups is 2. The molecule has 0 fully saturated rings. The van der Waals surface area contributed by atoms with Gasteiger partial charge in [-0.1, -0.05) is 137 Å². The zero-order valence-electron chi connectivity index (χ0n) is 35.0. The summed E-state index contributed by atoms with van der Waals surface area (Å²) in [7, 11) is -4.64. The number of rotatable bonds is 38. The topological polar surface area (TPSA) is 149 Å². The summed E-state index contributed by atoms with van der Waals surface area (Å²) in [5, 5.41) is 18.3. The molecule has 1 unspecified atom stereocenters. The van der Waals surface area contributed by atoms with E-state index in [1.165, 1.54) is 19.3 Å². The highest BCUT2D eigenvalue weighted by Crippen LogP contribution is 2.43. The van der Waals surface area contributed by atoms with E-state index in [1.807, 2.05) is 12.2 Å². The number of phosphoric ester groups is 1. The number of esters is 2. The first kappa shape index (κ1) is 53.9. The van der Waals surface area contributed by atoms with Crippen molar-refractivity contribution in [3.05, 3.63) is 97.2 Å². The molecule has 0 aliphatic rings. The van der Waals surface area contributed by atoms with Crippen LogP contribution < -0.4 is 0 Å². The fourth-order valence-corrected chi connectivity index (χ4v) is 5.76. The van der Waals surface area contributed by atoms with Gasteiger partial charge in [0.25, 0.3) is 0 Å². The molecule has 0 saturated heterocycles. The highest BCUT2D eigenvalue weighted by molar-refractivity contribution is 7.47. The average molecular weight is 819 g/mol. The summed E-state index contributed by atoms with van der Waals surface area (Å²) in [6.07, 6.45) is 49.5. The van der Waals surface area contributed by atoms with E-state index in [1.54, 1.807) is 0 Å². The summed E-state index contributed by atoms with van der Waals surface area (Å²) in [5.74, 6) is -1.03. The molecule has 0 radical (unpaired) electrons. The lowest BCUT2D eigenvalue weighted by molar-refractivity contribution is -0.161. The van der Waals surface area contributed by atoms with Crippen LogP contribution in [-0.4, -0.2) is 65.7 Å². The van der Waals surface area contributed by atoms with Gasteiger partial charge in [0.1, 0.15) is 12.7 Å². The molecular formula is C46H75O10P. The number of aliphatic hydroxyl groups is 2. The fourth-order valence-electron chi connectivity index (χ4n) is 4.97. The molecule has 11 heteroatoms. The van der Waals surface area contributed by atoms with Gasteiger partial charge in [-0.3, -0.25) is 18.6 Å². The van der Waals surface area contributed by atoms with Crippen molar-refractivity contribution in [3.8, 4) is 0 Å². The lowest BCUT2D eigenvalue weighted by Crippen LogP contribution is -2.29. The number of aliphatic hydroxyl groups excluding tert-OH is 2. The summed E-state index contributed by atoms with van der Waals surface area (Å²) < 4.78 is 32.6. The smallest absolute Gasteiger partial charge is 0.462 e. The van der Waals surface area contributed by atoms with Crippen molar-refractivity contribution in [1.82, 2.24) is 0 Å². The minimum absolute atomic E-state index is 0.0966. The number of phosphoric acid groups is 1. The molecule has 0 aromatic carbocycles. The van der Waals surface area contributed by atoms with Gasteiger partial charge in [-0.2, -0.15) is 0 Å². The lowest BCUT2D eigenvalue weighted by atomic mass is 10.1. The standard InChI is InChI=1S/C46H75O10P/c1-3-5-7-9-11-13-15-17-19-21-23-25-27-29-31-33-35-37-45(49)53-41-44(42-55-57(51,52)54-40-43(48)39-47)56-46(50)38-36-34-32-30-28-26-24-22-20-18-16-14-12-10-8-6-4-2/h5,7,11-14,17-20,23-26,30,32,43-44,47-48H,3-4,6,8-10,15-16,21-22,27-29,31,33-42H2,1-2H3,(H,51,52)/b7-5-,13-11-,14-12-,19-17-,20-18-,25-23-,26-24-,32-30-/t43-,44+/m0/s1. The van der Waals surface area contributed by atoms with Gasteiger partial charge in [-0.25, -0.2) is 4.57 Å². The van der Waals surface area contributed by atoms with Crippen LogP contribution in [0.1, 0.15) is 142 Å². The van der Waals surface area contributed by atoms with E-state index in [0.29, 0.717) is 19.3 Å². The van der Waals surface area contributed by atoms with E-state index in [9.17, 15) is 24.2 Å². The monoisotopic (exact) mass is 819 g/mol. The van der Waals surface area contributed by atoms with Gasteiger partial charge in [0.05, 0.1) is 19.8 Å². The van der Waals surface area contributed by atoms with Crippen LogP contribution in [0.3, 0.4) is 0 Å². The van der Waals surface area contributed by atoms with Crippen LogP contribution in [0, 0.1) is 0 Å². The molecule has 3 atom stereocenters. The predicted molar refractivity (Wildman–Crippen MR) is 232 cm³/mol. The molecule has 3 N–H and O–H groups in total. The van der Waals surface area contributed by atoms with Crippen LogP contribution in [0.25, 0.3) is 0 Å². The zero-order valence-corrected chi connectivity index (χ0v) is 35.9. The molecule has 0 saturated carbocycles. The Labute approximate surface area is 344 Å². The summed E-state index contributed by atoms with van der Waals surface area (Å²) in [4.78, 5) is 34.9. The van der Waals surface area contributed by atoms with Crippen molar-refractivity contribution in [2.24, 2.45) is 0 Å². The molecule has 0 aliphatic heterocycles. The Morgan fingerprint density at radius 2 is 0.982 bits per heavy atom. The first-order valence-corrected chi connectivity index (χ1v) is 22.7. The van der Waals surface area contributed by atoms with Crippen molar-refractivity contribution in [2.45, 2.75) is 154 Å². The average Bonchev–Trinajstić information content (AvgIpc) is 3.20. The van der Waals surface area contributed by atoms with Gasteiger partial charge in [0, 0.05) is 12.8 Å². The minimum atomic E-state index is -4.64. The van der Waals surface area contributed by atoms with Crippen molar-refractivity contribution < 1.29 is 47.8 Å². The molecular weight excluding hydrogens is 743 g/mol. The van der Waals surface area contributed by atoms with Gasteiger partial charge < -0.3 is 24.6 Å². The van der Waals surface area contributed by atoms with E-state index >= 15 is 0 Å². The normalized spacial score (nSPS) is 14.8. The maximum Gasteiger partial charge on any atom is 0.472 e. The van der Waals surface area contributed by atoms with E-state index in [-0.39, 0.29) is 19.4 Å². The third-order valence-electron chi connectivity index (χ3n) is 8.22. The van der Waals surface area contributed by atoms with Crippen LogP contribution in [0.4, 0.5) is 0 Å². The summed E-state index contributed by atoms with van der Waals surface area (Å²) in [6.45, 7) is 2.12. The first-order valence-electron chi connectivity index (χ1n) is 21.2. The molecule has 0 aromatic heterocycles. The molecule has 57 heavy (non-hydrogen) atoms. The number of hydrogen-bond acceptors (Lipinski definition) is 9. The molecule has 0 bridgehead atoms. The number of allylic oxidation sites excluding steroid dienone is 16. The Kier molecular flexibility index (Phi) is 38.8. The van der Waals surface area contributed by atoms with Gasteiger partial charge in [0.15, 0.2) is 6.10 Å². The molecule has 0 amide bonds. The Morgan fingerprint density at radius 1 is 0.544 bits per heavy atom. The van der Waals surface area contributed by atoms with E-state index in [2.05, 4.69) is 103 Å². The molecule has 10 nitrogen and oxygen atoms in total. The Balaban J connectivity index is 4.48. The molecule has 0 aromatic rings. The predicted octanol–water partition coefficient (Wildman–Crippen LogP) is 11.2. The number of unbranched alkanes of at least 4 members (excludes halogenated alkanes) is 8. The third kappa shape index (κ3) is 40.9. The van der Waals surface area contributed by atoms with Crippen molar-refractivity contribution in [2.75, 3.05) is 26.4 Å². The van der Waals surface area contributed by atoms with Crippen LogP contribution in [0.15, 0.2) is 97.2 Å². The Bertz CT molecular complexity index is 1260. The van der Waals surface area contributed by atoms with Crippen LogP contribution in [0.2, 0.25) is 0 Å². The summed E-state index contributed by atoms with van der Waals surface area (Å²) >= 11 is 0. The van der Waals surface area contributed by atoms with Crippen LogP contribution in [0.5, 0.6) is 0 Å². The zero-order chi connectivity index (χ0) is 41.9. The highest BCUT2D eigenvalue weighted by Gasteiger charge is 2.27. The van der Waals surface area contributed by atoms with Crippen LogP contribution >= 0.6 is 7.82 Å². The van der Waals surface area contributed by atoms with E-state index in [0.717, 1.165) is 77.0 Å². The highest BCUT2D eigenvalue weighted by atomic mass is 31.2. The number of ether oxygens (including phenoxy) is 2. The van der Waals surface area contributed by atoms with Gasteiger partial charge in [-0.15, -0.1) is 0 Å².